The molecule has 8 heteroatoms. The first-order valence-corrected chi connectivity index (χ1v) is 13.9. The Morgan fingerprint density at radius 3 is 2.25 bits per heavy atom. The predicted molar refractivity (Wildman–Crippen MR) is 157 cm³/mol. The number of fused-ring (bicyclic) bond motifs is 1. The first-order chi connectivity index (χ1) is 19.6. The van der Waals surface area contributed by atoms with Crippen molar-refractivity contribution in [2.24, 2.45) is 4.99 Å². The number of nitrogens with zero attached hydrogens (tertiary/aromatic N) is 3. The van der Waals surface area contributed by atoms with Crippen LogP contribution in [-0.2, 0) is 6.54 Å². The lowest BCUT2D eigenvalue weighted by atomic mass is 9.99. The van der Waals surface area contributed by atoms with E-state index >= 15 is 0 Å². The molecular formula is C32H36N4O4. The largest absolute Gasteiger partial charge is 0.494 e. The van der Waals surface area contributed by atoms with E-state index in [2.05, 4.69) is 22.0 Å². The number of benzene rings is 3. The molecule has 0 saturated carbocycles. The molecular weight excluding hydrogens is 504 g/mol. The van der Waals surface area contributed by atoms with Gasteiger partial charge in [0, 0.05) is 41.7 Å². The number of amides is 1. The highest BCUT2D eigenvalue weighted by Crippen LogP contribution is 2.32. The fraction of sp³-hybridized carbons (Fsp3) is 0.312. The highest BCUT2D eigenvalue weighted by molar-refractivity contribution is 6.22. The third kappa shape index (κ3) is 6.25. The number of aliphatic hydroxyl groups excluding tert-OH is 2. The van der Waals surface area contributed by atoms with E-state index in [1.165, 1.54) is 29.7 Å². The van der Waals surface area contributed by atoms with Crippen LogP contribution in [0.5, 0.6) is 5.88 Å². The molecule has 2 heterocycles. The average molecular weight is 541 g/mol. The summed E-state index contributed by atoms with van der Waals surface area (Å²) in [6.45, 7) is 3.04. The number of piperidine rings is 1. The first kappa shape index (κ1) is 27.6. The monoisotopic (exact) mass is 540 g/mol. The number of aliphatic hydroxyl groups is 2. The van der Waals surface area contributed by atoms with Gasteiger partial charge in [0.25, 0.3) is 5.91 Å². The summed E-state index contributed by atoms with van der Waals surface area (Å²) in [6.07, 6.45) is 3.82. The summed E-state index contributed by atoms with van der Waals surface area (Å²) < 4.78 is 0. The molecule has 1 saturated heterocycles. The van der Waals surface area contributed by atoms with Crippen LogP contribution in [0, 0.1) is 0 Å². The maximum absolute atomic E-state index is 13.2. The molecule has 0 bridgehead atoms. The number of rotatable bonds is 10. The van der Waals surface area contributed by atoms with Crippen molar-refractivity contribution < 1.29 is 20.1 Å². The van der Waals surface area contributed by atoms with Crippen molar-refractivity contribution in [3.63, 3.8) is 0 Å². The van der Waals surface area contributed by atoms with Gasteiger partial charge in [-0.15, -0.1) is 0 Å². The quantitative estimate of drug-likeness (QED) is 0.222. The standard InChI is InChI=1S/C32H36N4O4/c37-19-17-36(18-20-38)32(40)25-11-14-28-27(21-25)29(31(39)34-28)30(24-7-3-1-4-8-24)33-26-12-9-23(10-13-26)22-35-15-5-2-6-16-35/h1,3-4,7-14,21,34,37-39H,2,5-6,15-20,22H2. The van der Waals surface area contributed by atoms with E-state index in [-0.39, 0.29) is 38.1 Å². The Bertz CT molecular complexity index is 1450. The second-order valence-corrected chi connectivity index (χ2v) is 10.2. The van der Waals surface area contributed by atoms with Crippen LogP contribution in [0.3, 0.4) is 0 Å². The molecule has 1 aromatic heterocycles. The molecule has 1 fully saturated rings. The van der Waals surface area contributed by atoms with Crippen LogP contribution in [0.4, 0.5) is 5.69 Å². The van der Waals surface area contributed by atoms with E-state index in [0.717, 1.165) is 30.9 Å². The Morgan fingerprint density at radius 1 is 0.875 bits per heavy atom. The summed E-state index contributed by atoms with van der Waals surface area (Å²) in [6, 6.07) is 23.1. The molecule has 40 heavy (non-hydrogen) atoms. The Balaban J connectivity index is 1.53. The Kier molecular flexibility index (Phi) is 8.91. The van der Waals surface area contributed by atoms with Crippen molar-refractivity contribution in [3.05, 3.63) is 95.1 Å². The summed E-state index contributed by atoms with van der Waals surface area (Å²) in [5.41, 5.74) is 4.98. The predicted octanol–water partition coefficient (Wildman–Crippen LogP) is 4.46. The van der Waals surface area contributed by atoms with Crippen LogP contribution in [0.25, 0.3) is 10.9 Å². The van der Waals surface area contributed by atoms with Crippen molar-refractivity contribution in [2.75, 3.05) is 39.4 Å². The van der Waals surface area contributed by atoms with Gasteiger partial charge in [0.1, 0.15) is 0 Å². The van der Waals surface area contributed by atoms with Crippen LogP contribution >= 0.6 is 0 Å². The Hall–Kier alpha value is -3.98. The number of carbonyl (C=O) groups is 1. The minimum Gasteiger partial charge on any atom is -0.494 e. The molecule has 5 rings (SSSR count). The fourth-order valence-corrected chi connectivity index (χ4v) is 5.33. The van der Waals surface area contributed by atoms with E-state index in [9.17, 15) is 20.1 Å². The zero-order valence-electron chi connectivity index (χ0n) is 22.6. The molecule has 1 aliphatic heterocycles. The normalized spacial score (nSPS) is 14.5. The molecule has 4 N–H and O–H groups in total. The van der Waals surface area contributed by atoms with Crippen LogP contribution < -0.4 is 0 Å². The van der Waals surface area contributed by atoms with Gasteiger partial charge in [-0.05, 0) is 61.8 Å². The summed E-state index contributed by atoms with van der Waals surface area (Å²) in [5.74, 6) is -0.342. The first-order valence-electron chi connectivity index (χ1n) is 13.9. The van der Waals surface area contributed by atoms with Gasteiger partial charge in [-0.25, -0.2) is 4.99 Å². The third-order valence-electron chi connectivity index (χ3n) is 7.37. The maximum Gasteiger partial charge on any atom is 0.254 e. The van der Waals surface area contributed by atoms with Crippen molar-refractivity contribution in [3.8, 4) is 5.88 Å². The number of aromatic amines is 1. The van der Waals surface area contributed by atoms with E-state index in [1.807, 2.05) is 42.5 Å². The van der Waals surface area contributed by atoms with Crippen molar-refractivity contribution in [1.82, 2.24) is 14.8 Å². The zero-order valence-corrected chi connectivity index (χ0v) is 22.6. The van der Waals surface area contributed by atoms with Gasteiger partial charge in [-0.1, -0.05) is 48.9 Å². The summed E-state index contributed by atoms with van der Waals surface area (Å²) in [4.78, 5) is 25.1. The number of nitrogens with one attached hydrogen (secondary N) is 1. The molecule has 0 radical (unpaired) electrons. The SMILES string of the molecule is O=C(c1ccc2[nH]c(O)c(C(=Nc3ccc(CN4CCCCC4)cc3)c3ccccc3)c2c1)N(CCO)CCO. The molecule has 208 valence electrons. The van der Waals surface area contributed by atoms with E-state index in [4.69, 9.17) is 4.99 Å². The molecule has 0 spiro atoms. The molecule has 0 unspecified atom stereocenters. The van der Waals surface area contributed by atoms with Gasteiger partial charge in [0.15, 0.2) is 5.88 Å². The second kappa shape index (κ2) is 12.9. The summed E-state index contributed by atoms with van der Waals surface area (Å²) in [7, 11) is 0. The number of carbonyl (C=O) groups excluding carboxylic acids is 1. The number of aromatic hydroxyl groups is 1. The zero-order chi connectivity index (χ0) is 27.9. The summed E-state index contributed by atoms with van der Waals surface area (Å²) in [5, 5.41) is 30.5. The average Bonchev–Trinajstić information content (AvgIpc) is 3.32. The molecule has 1 aliphatic rings. The Labute approximate surface area is 234 Å². The van der Waals surface area contributed by atoms with E-state index in [1.54, 1.807) is 18.2 Å². The van der Waals surface area contributed by atoms with Crippen LogP contribution in [0.15, 0.2) is 77.8 Å². The van der Waals surface area contributed by atoms with E-state index in [0.29, 0.717) is 27.7 Å². The lowest BCUT2D eigenvalue weighted by Gasteiger charge is -2.26. The number of likely N-dealkylation sites (tertiary alicyclic amines) is 1. The van der Waals surface area contributed by atoms with Gasteiger partial charge in [-0.3, -0.25) is 9.69 Å². The Morgan fingerprint density at radius 2 is 1.57 bits per heavy atom. The van der Waals surface area contributed by atoms with Crippen molar-refractivity contribution in [2.45, 2.75) is 25.8 Å². The molecule has 0 aliphatic carbocycles. The van der Waals surface area contributed by atoms with Crippen molar-refractivity contribution in [1.29, 1.82) is 0 Å². The van der Waals surface area contributed by atoms with Gasteiger partial charge >= 0.3 is 0 Å². The molecule has 0 atom stereocenters. The molecule has 8 nitrogen and oxygen atoms in total. The number of hydrogen-bond acceptors (Lipinski definition) is 6. The minimum atomic E-state index is -0.306. The second-order valence-electron chi connectivity index (χ2n) is 10.2. The van der Waals surface area contributed by atoms with Gasteiger partial charge in [0.2, 0.25) is 0 Å². The number of H-pyrrole nitrogens is 1. The number of hydrogen-bond donors (Lipinski definition) is 4. The number of aliphatic imine (C=N–C) groups is 1. The van der Waals surface area contributed by atoms with Gasteiger partial charge in [-0.2, -0.15) is 0 Å². The lowest BCUT2D eigenvalue weighted by Crippen LogP contribution is -2.35. The highest BCUT2D eigenvalue weighted by atomic mass is 16.3. The van der Waals surface area contributed by atoms with E-state index < -0.39 is 0 Å². The van der Waals surface area contributed by atoms with Crippen LogP contribution in [0.1, 0.15) is 46.3 Å². The van der Waals surface area contributed by atoms with Crippen LogP contribution in [-0.4, -0.2) is 81.1 Å². The minimum absolute atomic E-state index is 0.0357. The highest BCUT2D eigenvalue weighted by Gasteiger charge is 2.22. The number of aromatic nitrogens is 1. The van der Waals surface area contributed by atoms with Crippen LogP contribution in [0.2, 0.25) is 0 Å². The third-order valence-corrected chi connectivity index (χ3v) is 7.37. The molecule has 1 amide bonds. The smallest absolute Gasteiger partial charge is 0.254 e. The summed E-state index contributed by atoms with van der Waals surface area (Å²) >= 11 is 0. The lowest BCUT2D eigenvalue weighted by molar-refractivity contribution is 0.0685. The maximum atomic E-state index is 13.2. The van der Waals surface area contributed by atoms with Crippen molar-refractivity contribution >= 4 is 28.2 Å². The van der Waals surface area contributed by atoms with Gasteiger partial charge < -0.3 is 25.2 Å². The van der Waals surface area contributed by atoms with Gasteiger partial charge in [0.05, 0.1) is 30.2 Å². The molecule has 3 aromatic carbocycles. The topological polar surface area (TPSA) is 112 Å². The fourth-order valence-electron chi connectivity index (χ4n) is 5.33. The molecule has 4 aromatic rings.